The Kier molecular flexibility index (Phi) is 5.40. The molecule has 0 spiro atoms. The van der Waals surface area contributed by atoms with Gasteiger partial charge in [-0.2, -0.15) is 0 Å². The fourth-order valence-electron chi connectivity index (χ4n) is 1.58. The van der Waals surface area contributed by atoms with Gasteiger partial charge in [-0.05, 0) is 30.0 Å². The normalized spacial score (nSPS) is 11.5. The summed E-state index contributed by atoms with van der Waals surface area (Å²) in [5, 5.41) is 6.30. The van der Waals surface area contributed by atoms with Gasteiger partial charge in [0.05, 0.1) is 0 Å². The third-order valence-electron chi connectivity index (χ3n) is 2.86. The second-order valence-corrected chi connectivity index (χ2v) is 6.46. The summed E-state index contributed by atoms with van der Waals surface area (Å²) in [5.41, 5.74) is 2.22. The van der Waals surface area contributed by atoms with Gasteiger partial charge in [0.1, 0.15) is 0 Å². The van der Waals surface area contributed by atoms with Crippen molar-refractivity contribution in [1.29, 1.82) is 0 Å². The number of hydrogen-bond acceptors (Lipinski definition) is 2. The standard InChI is InChI=1S/C16H26N2O/c1-12(2)15(19)18-14-8-6-7-13(11-14)17-10-9-16(3,4)5/h6-8,11-12,17H,9-10H2,1-5H3,(H,18,19). The number of hydrogen-bond donors (Lipinski definition) is 2. The molecule has 0 atom stereocenters. The molecule has 3 heteroatoms. The van der Waals surface area contributed by atoms with E-state index in [1.54, 1.807) is 0 Å². The molecule has 2 N–H and O–H groups in total. The van der Waals surface area contributed by atoms with Crippen molar-refractivity contribution in [2.75, 3.05) is 17.2 Å². The molecule has 0 heterocycles. The molecule has 19 heavy (non-hydrogen) atoms. The van der Waals surface area contributed by atoms with Crippen LogP contribution in [-0.2, 0) is 4.79 Å². The minimum absolute atomic E-state index is 0.00231. The number of anilines is 2. The summed E-state index contributed by atoms with van der Waals surface area (Å²) >= 11 is 0. The van der Waals surface area contributed by atoms with Gasteiger partial charge in [0.25, 0.3) is 0 Å². The number of amides is 1. The van der Waals surface area contributed by atoms with Crippen LogP contribution in [0.3, 0.4) is 0 Å². The molecule has 0 bridgehead atoms. The Labute approximate surface area is 116 Å². The van der Waals surface area contributed by atoms with Gasteiger partial charge in [0, 0.05) is 23.8 Å². The molecule has 0 aliphatic carbocycles. The van der Waals surface area contributed by atoms with E-state index in [2.05, 4.69) is 31.4 Å². The van der Waals surface area contributed by atoms with Gasteiger partial charge in [-0.15, -0.1) is 0 Å². The Morgan fingerprint density at radius 1 is 1.21 bits per heavy atom. The molecular weight excluding hydrogens is 236 g/mol. The molecule has 0 fully saturated rings. The first-order valence-electron chi connectivity index (χ1n) is 6.93. The van der Waals surface area contributed by atoms with E-state index >= 15 is 0 Å². The maximum Gasteiger partial charge on any atom is 0.226 e. The van der Waals surface area contributed by atoms with E-state index in [1.165, 1.54) is 0 Å². The fraction of sp³-hybridized carbons (Fsp3) is 0.562. The van der Waals surface area contributed by atoms with Crippen molar-refractivity contribution in [3.05, 3.63) is 24.3 Å². The molecule has 1 aromatic rings. The molecule has 1 amide bonds. The van der Waals surface area contributed by atoms with Crippen molar-refractivity contribution in [2.45, 2.75) is 41.0 Å². The Hall–Kier alpha value is -1.51. The second kappa shape index (κ2) is 6.60. The van der Waals surface area contributed by atoms with Crippen LogP contribution < -0.4 is 10.6 Å². The van der Waals surface area contributed by atoms with E-state index in [4.69, 9.17) is 0 Å². The Bertz CT molecular complexity index is 419. The Balaban J connectivity index is 2.55. The first-order valence-corrected chi connectivity index (χ1v) is 6.93. The number of carbonyl (C=O) groups is 1. The van der Waals surface area contributed by atoms with Crippen LogP contribution in [-0.4, -0.2) is 12.5 Å². The summed E-state index contributed by atoms with van der Waals surface area (Å²) in [6.45, 7) is 11.4. The number of nitrogens with one attached hydrogen (secondary N) is 2. The summed E-state index contributed by atoms with van der Waals surface area (Å²) in [5.74, 6) is 0.0457. The zero-order chi connectivity index (χ0) is 14.5. The van der Waals surface area contributed by atoms with Crippen LogP contribution in [0.2, 0.25) is 0 Å². The van der Waals surface area contributed by atoms with Crippen LogP contribution in [0.25, 0.3) is 0 Å². The molecule has 1 aromatic carbocycles. The first kappa shape index (κ1) is 15.5. The smallest absolute Gasteiger partial charge is 0.226 e. The molecule has 0 unspecified atom stereocenters. The van der Waals surface area contributed by atoms with Gasteiger partial charge >= 0.3 is 0 Å². The third kappa shape index (κ3) is 6.27. The lowest BCUT2D eigenvalue weighted by Crippen LogP contribution is -2.18. The van der Waals surface area contributed by atoms with Gasteiger partial charge in [0.15, 0.2) is 0 Å². The van der Waals surface area contributed by atoms with E-state index in [-0.39, 0.29) is 11.8 Å². The SMILES string of the molecule is CC(C)C(=O)Nc1cccc(NCCC(C)(C)C)c1. The van der Waals surface area contributed by atoms with E-state index in [0.29, 0.717) is 5.41 Å². The van der Waals surface area contributed by atoms with Crippen molar-refractivity contribution >= 4 is 17.3 Å². The summed E-state index contributed by atoms with van der Waals surface area (Å²) < 4.78 is 0. The molecule has 1 rings (SSSR count). The lowest BCUT2D eigenvalue weighted by Gasteiger charge is -2.18. The Morgan fingerprint density at radius 2 is 1.84 bits per heavy atom. The summed E-state index contributed by atoms with van der Waals surface area (Å²) in [6, 6.07) is 7.86. The van der Waals surface area contributed by atoms with Crippen LogP contribution in [0.15, 0.2) is 24.3 Å². The maximum absolute atomic E-state index is 11.6. The number of benzene rings is 1. The molecule has 0 saturated carbocycles. The van der Waals surface area contributed by atoms with Crippen molar-refractivity contribution in [2.24, 2.45) is 11.3 Å². The van der Waals surface area contributed by atoms with E-state index in [1.807, 2.05) is 38.1 Å². The minimum Gasteiger partial charge on any atom is -0.385 e. The van der Waals surface area contributed by atoms with Crippen molar-refractivity contribution < 1.29 is 4.79 Å². The lowest BCUT2D eigenvalue weighted by atomic mass is 9.92. The topological polar surface area (TPSA) is 41.1 Å². The van der Waals surface area contributed by atoms with Gasteiger partial charge in [-0.3, -0.25) is 4.79 Å². The van der Waals surface area contributed by atoms with Crippen LogP contribution in [0, 0.1) is 11.3 Å². The van der Waals surface area contributed by atoms with Crippen molar-refractivity contribution in [3.63, 3.8) is 0 Å². The molecule has 0 aliphatic rings. The molecular formula is C16H26N2O. The van der Waals surface area contributed by atoms with Crippen LogP contribution >= 0.6 is 0 Å². The second-order valence-electron chi connectivity index (χ2n) is 6.46. The van der Waals surface area contributed by atoms with Crippen molar-refractivity contribution in [1.82, 2.24) is 0 Å². The average molecular weight is 262 g/mol. The molecule has 0 aliphatic heterocycles. The number of rotatable bonds is 5. The van der Waals surface area contributed by atoms with E-state index in [9.17, 15) is 4.79 Å². The van der Waals surface area contributed by atoms with Crippen molar-refractivity contribution in [3.8, 4) is 0 Å². The number of carbonyl (C=O) groups excluding carboxylic acids is 1. The quantitative estimate of drug-likeness (QED) is 0.837. The Morgan fingerprint density at radius 3 is 2.42 bits per heavy atom. The zero-order valence-corrected chi connectivity index (χ0v) is 12.7. The highest BCUT2D eigenvalue weighted by Gasteiger charge is 2.09. The van der Waals surface area contributed by atoms with Gasteiger partial charge in [-0.25, -0.2) is 0 Å². The van der Waals surface area contributed by atoms with Crippen LogP contribution in [0.4, 0.5) is 11.4 Å². The molecule has 0 saturated heterocycles. The maximum atomic E-state index is 11.6. The summed E-state index contributed by atoms with van der Waals surface area (Å²) in [4.78, 5) is 11.6. The molecule has 106 valence electrons. The van der Waals surface area contributed by atoms with Crippen LogP contribution in [0.1, 0.15) is 41.0 Å². The summed E-state index contributed by atoms with van der Waals surface area (Å²) in [7, 11) is 0. The van der Waals surface area contributed by atoms with Gasteiger partial charge in [-0.1, -0.05) is 40.7 Å². The average Bonchev–Trinajstić information content (AvgIpc) is 2.27. The zero-order valence-electron chi connectivity index (χ0n) is 12.7. The highest BCUT2D eigenvalue weighted by Crippen LogP contribution is 2.20. The lowest BCUT2D eigenvalue weighted by molar-refractivity contribution is -0.118. The highest BCUT2D eigenvalue weighted by molar-refractivity contribution is 5.92. The minimum atomic E-state index is -0.00231. The predicted molar refractivity (Wildman–Crippen MR) is 82.5 cm³/mol. The van der Waals surface area contributed by atoms with E-state index in [0.717, 1.165) is 24.3 Å². The monoisotopic (exact) mass is 262 g/mol. The highest BCUT2D eigenvalue weighted by atomic mass is 16.1. The fourth-order valence-corrected chi connectivity index (χ4v) is 1.58. The van der Waals surface area contributed by atoms with Crippen LogP contribution in [0.5, 0.6) is 0 Å². The van der Waals surface area contributed by atoms with Gasteiger partial charge < -0.3 is 10.6 Å². The summed E-state index contributed by atoms with van der Waals surface area (Å²) in [6.07, 6.45) is 1.11. The molecule has 0 aromatic heterocycles. The van der Waals surface area contributed by atoms with E-state index < -0.39 is 0 Å². The van der Waals surface area contributed by atoms with Gasteiger partial charge in [0.2, 0.25) is 5.91 Å². The largest absolute Gasteiger partial charge is 0.385 e. The molecule has 0 radical (unpaired) electrons. The first-order chi connectivity index (χ1) is 8.78. The predicted octanol–water partition coefficient (Wildman–Crippen LogP) is 4.13. The molecule has 3 nitrogen and oxygen atoms in total. The third-order valence-corrected chi connectivity index (χ3v) is 2.86.